The molecule has 2 atom stereocenters. The molecule has 1 amide bonds. The van der Waals surface area contributed by atoms with Crippen molar-refractivity contribution in [3.05, 3.63) is 29.8 Å². The predicted octanol–water partition coefficient (Wildman–Crippen LogP) is 0.467. The fourth-order valence-corrected chi connectivity index (χ4v) is 2.34. The van der Waals surface area contributed by atoms with Gasteiger partial charge in [-0.05, 0) is 37.0 Å². The second-order valence-corrected chi connectivity index (χ2v) is 5.09. The van der Waals surface area contributed by atoms with Gasteiger partial charge in [-0.2, -0.15) is 0 Å². The Balaban J connectivity index is 1.64. The van der Waals surface area contributed by atoms with Gasteiger partial charge in [0.15, 0.2) is 0 Å². The molecule has 0 bridgehead atoms. The smallest absolute Gasteiger partial charge is 0.237 e. The second-order valence-electron chi connectivity index (χ2n) is 5.09. The number of ether oxygens (including phenoxy) is 1. The molecule has 0 aliphatic carbocycles. The number of benzene rings is 1. The highest BCUT2D eigenvalue weighted by Gasteiger charge is 2.27. The molecule has 0 aromatic heterocycles. The van der Waals surface area contributed by atoms with E-state index >= 15 is 0 Å². The molecule has 0 radical (unpaired) electrons. The normalized spacial score (nSPS) is 21.7. The van der Waals surface area contributed by atoms with Crippen LogP contribution in [-0.2, 0) is 11.2 Å². The molecule has 0 saturated carbocycles. The van der Waals surface area contributed by atoms with Crippen LogP contribution in [0.15, 0.2) is 24.3 Å². The van der Waals surface area contributed by atoms with Gasteiger partial charge in [-0.25, -0.2) is 0 Å². The number of methoxy groups -OCH3 is 1. The Labute approximate surface area is 119 Å². The third-order valence-electron chi connectivity index (χ3n) is 3.52. The van der Waals surface area contributed by atoms with Crippen LogP contribution in [0.1, 0.15) is 18.4 Å². The summed E-state index contributed by atoms with van der Waals surface area (Å²) in [6.45, 7) is 1.16. The van der Waals surface area contributed by atoms with Crippen LogP contribution in [-0.4, -0.2) is 43.4 Å². The first-order chi connectivity index (χ1) is 9.69. The second kappa shape index (κ2) is 7.26. The first-order valence-electron chi connectivity index (χ1n) is 7.01. The molecule has 1 heterocycles. The van der Waals surface area contributed by atoms with Gasteiger partial charge in [-0.1, -0.05) is 12.1 Å². The summed E-state index contributed by atoms with van der Waals surface area (Å²) < 4.78 is 5.11. The highest BCUT2D eigenvalue weighted by Crippen LogP contribution is 2.12. The lowest BCUT2D eigenvalue weighted by Crippen LogP contribution is -2.40. The van der Waals surface area contributed by atoms with Crippen molar-refractivity contribution in [2.75, 3.05) is 20.2 Å². The number of carbonyl (C=O) groups excluding carboxylic acids is 1. The molecule has 1 aliphatic rings. The van der Waals surface area contributed by atoms with Crippen molar-refractivity contribution < 1.29 is 14.6 Å². The van der Waals surface area contributed by atoms with Crippen LogP contribution >= 0.6 is 0 Å². The summed E-state index contributed by atoms with van der Waals surface area (Å²) in [5.74, 6) is 0.837. The van der Waals surface area contributed by atoms with Crippen molar-refractivity contribution >= 4 is 5.91 Å². The molecule has 2 unspecified atom stereocenters. The van der Waals surface area contributed by atoms with Crippen LogP contribution in [0, 0.1) is 0 Å². The summed E-state index contributed by atoms with van der Waals surface area (Å²) in [6, 6.07) is 7.71. The lowest BCUT2D eigenvalue weighted by atomic mass is 10.1. The minimum absolute atomic E-state index is 0.0173. The van der Waals surface area contributed by atoms with Crippen LogP contribution in [0.5, 0.6) is 5.75 Å². The number of β-amino-alcohol motifs (C(OH)–C–C–N with tert-alkyl or cyclic N) is 1. The van der Waals surface area contributed by atoms with Crippen LogP contribution in [0.4, 0.5) is 0 Å². The van der Waals surface area contributed by atoms with Crippen molar-refractivity contribution in [3.63, 3.8) is 0 Å². The van der Waals surface area contributed by atoms with Crippen molar-refractivity contribution in [1.82, 2.24) is 10.6 Å². The molecule has 2 rings (SSSR count). The zero-order valence-corrected chi connectivity index (χ0v) is 11.8. The summed E-state index contributed by atoms with van der Waals surface area (Å²) in [6.07, 6.45) is 1.92. The van der Waals surface area contributed by atoms with E-state index in [0.717, 1.165) is 18.6 Å². The Hall–Kier alpha value is -1.59. The average molecular weight is 278 g/mol. The molecular formula is C15H22N2O3. The van der Waals surface area contributed by atoms with Gasteiger partial charge in [-0.15, -0.1) is 0 Å². The Morgan fingerprint density at radius 3 is 2.80 bits per heavy atom. The summed E-state index contributed by atoms with van der Waals surface area (Å²) in [7, 11) is 1.65. The van der Waals surface area contributed by atoms with E-state index in [1.807, 2.05) is 24.3 Å². The monoisotopic (exact) mass is 278 g/mol. The zero-order chi connectivity index (χ0) is 14.4. The molecule has 3 N–H and O–H groups in total. The average Bonchev–Trinajstić information content (AvgIpc) is 2.91. The van der Waals surface area contributed by atoms with Crippen molar-refractivity contribution in [1.29, 1.82) is 0 Å². The Morgan fingerprint density at radius 1 is 1.45 bits per heavy atom. The van der Waals surface area contributed by atoms with E-state index in [1.165, 1.54) is 5.56 Å². The lowest BCUT2D eigenvalue weighted by Gasteiger charge is -2.11. The first kappa shape index (κ1) is 14.8. The van der Waals surface area contributed by atoms with E-state index in [-0.39, 0.29) is 11.9 Å². The van der Waals surface area contributed by atoms with Gasteiger partial charge < -0.3 is 20.5 Å². The first-order valence-corrected chi connectivity index (χ1v) is 7.01. The molecule has 110 valence electrons. The Kier molecular flexibility index (Phi) is 5.38. The maximum Gasteiger partial charge on any atom is 0.237 e. The Morgan fingerprint density at radius 2 is 2.20 bits per heavy atom. The van der Waals surface area contributed by atoms with Gasteiger partial charge in [0.1, 0.15) is 5.75 Å². The topological polar surface area (TPSA) is 70.6 Å². The molecule has 1 aromatic rings. The summed E-state index contributed by atoms with van der Waals surface area (Å²) in [5.41, 5.74) is 1.23. The molecule has 1 fully saturated rings. The number of nitrogens with one attached hydrogen (secondary N) is 2. The molecule has 0 spiro atoms. The van der Waals surface area contributed by atoms with E-state index in [1.54, 1.807) is 7.11 Å². The van der Waals surface area contributed by atoms with Crippen LogP contribution in [0.2, 0.25) is 0 Å². The molecule has 1 saturated heterocycles. The van der Waals surface area contributed by atoms with Crippen LogP contribution in [0.3, 0.4) is 0 Å². The maximum absolute atomic E-state index is 11.8. The number of aliphatic hydroxyl groups excluding tert-OH is 1. The van der Waals surface area contributed by atoms with E-state index in [9.17, 15) is 9.90 Å². The minimum atomic E-state index is -0.398. The van der Waals surface area contributed by atoms with Crippen LogP contribution < -0.4 is 15.4 Å². The molecule has 1 aliphatic heterocycles. The number of aryl methyl sites for hydroxylation is 1. The van der Waals surface area contributed by atoms with Crippen molar-refractivity contribution in [2.45, 2.75) is 31.4 Å². The standard InChI is InChI=1S/C15H22N2O3/c1-20-13-6-4-11(5-7-13)3-2-8-16-15(19)14-9-12(18)10-17-14/h4-7,12,14,17-18H,2-3,8-10H2,1H3,(H,16,19). The summed E-state index contributed by atoms with van der Waals surface area (Å²) in [5, 5.41) is 15.3. The number of hydrogen-bond acceptors (Lipinski definition) is 4. The van der Waals surface area contributed by atoms with E-state index in [4.69, 9.17) is 4.74 Å². The molecule has 1 aromatic carbocycles. The number of amides is 1. The van der Waals surface area contributed by atoms with E-state index in [0.29, 0.717) is 19.5 Å². The van der Waals surface area contributed by atoms with Crippen LogP contribution in [0.25, 0.3) is 0 Å². The van der Waals surface area contributed by atoms with E-state index < -0.39 is 6.10 Å². The SMILES string of the molecule is COc1ccc(CCCNC(=O)C2CC(O)CN2)cc1. The molecular weight excluding hydrogens is 256 g/mol. The number of hydrogen-bond donors (Lipinski definition) is 3. The van der Waals surface area contributed by atoms with Gasteiger partial charge in [0.25, 0.3) is 0 Å². The van der Waals surface area contributed by atoms with Crippen molar-refractivity contribution in [2.24, 2.45) is 0 Å². The van der Waals surface area contributed by atoms with Crippen molar-refractivity contribution in [3.8, 4) is 5.75 Å². The lowest BCUT2D eigenvalue weighted by molar-refractivity contribution is -0.122. The number of rotatable bonds is 6. The molecule has 20 heavy (non-hydrogen) atoms. The van der Waals surface area contributed by atoms with Gasteiger partial charge in [0, 0.05) is 13.1 Å². The predicted molar refractivity (Wildman–Crippen MR) is 76.7 cm³/mol. The highest BCUT2D eigenvalue weighted by molar-refractivity contribution is 5.82. The third-order valence-corrected chi connectivity index (χ3v) is 3.52. The zero-order valence-electron chi connectivity index (χ0n) is 11.8. The summed E-state index contributed by atoms with van der Waals surface area (Å²) >= 11 is 0. The van der Waals surface area contributed by atoms with Gasteiger partial charge in [0.05, 0.1) is 19.3 Å². The Bertz CT molecular complexity index is 433. The quantitative estimate of drug-likeness (QED) is 0.662. The highest BCUT2D eigenvalue weighted by atomic mass is 16.5. The van der Waals surface area contributed by atoms with Gasteiger partial charge >= 0.3 is 0 Å². The molecule has 5 heteroatoms. The largest absolute Gasteiger partial charge is 0.497 e. The number of aliphatic hydroxyl groups is 1. The number of carbonyl (C=O) groups is 1. The fourth-order valence-electron chi connectivity index (χ4n) is 2.34. The van der Waals surface area contributed by atoms with Gasteiger partial charge in [0.2, 0.25) is 5.91 Å². The maximum atomic E-state index is 11.8. The minimum Gasteiger partial charge on any atom is -0.497 e. The van der Waals surface area contributed by atoms with E-state index in [2.05, 4.69) is 10.6 Å². The molecule has 5 nitrogen and oxygen atoms in total. The summed E-state index contributed by atoms with van der Waals surface area (Å²) in [4.78, 5) is 11.8. The fraction of sp³-hybridized carbons (Fsp3) is 0.533. The van der Waals surface area contributed by atoms with Gasteiger partial charge in [-0.3, -0.25) is 4.79 Å². The third kappa shape index (κ3) is 4.21.